The van der Waals surface area contributed by atoms with E-state index in [1.165, 1.54) is 24.3 Å². The fraction of sp³-hybridized carbons (Fsp3) is 0. The van der Waals surface area contributed by atoms with Crippen molar-refractivity contribution in [2.24, 2.45) is 0 Å². The molecule has 4 aromatic rings. The molecule has 4 aromatic carbocycles. The SMILES string of the molecule is Nc1c(Sc2cccc(C(=O)O)c2)c(Sc2cccc(C(=O)O)c2)c(N)c2c1C(=O)c1ccccc1C2=O. The highest BCUT2D eigenvalue weighted by Gasteiger charge is 2.36. The van der Waals surface area contributed by atoms with Crippen molar-refractivity contribution in [3.8, 4) is 0 Å². The van der Waals surface area contributed by atoms with Crippen molar-refractivity contribution in [3.63, 3.8) is 0 Å². The van der Waals surface area contributed by atoms with E-state index in [2.05, 4.69) is 0 Å². The van der Waals surface area contributed by atoms with E-state index in [1.54, 1.807) is 48.5 Å². The molecular weight excluding hydrogens is 524 g/mol. The number of rotatable bonds is 6. The molecule has 0 aliphatic heterocycles. The molecule has 5 rings (SSSR count). The predicted molar refractivity (Wildman–Crippen MR) is 144 cm³/mol. The first-order chi connectivity index (χ1) is 18.2. The molecule has 38 heavy (non-hydrogen) atoms. The fourth-order valence-corrected chi connectivity index (χ4v) is 6.40. The number of nitrogen functional groups attached to an aromatic ring is 2. The summed E-state index contributed by atoms with van der Waals surface area (Å²) in [6.45, 7) is 0. The van der Waals surface area contributed by atoms with Gasteiger partial charge < -0.3 is 21.7 Å². The summed E-state index contributed by atoms with van der Waals surface area (Å²) >= 11 is 2.21. The lowest BCUT2D eigenvalue weighted by atomic mass is 9.82. The third-order valence-corrected chi connectivity index (χ3v) is 8.32. The van der Waals surface area contributed by atoms with E-state index >= 15 is 0 Å². The van der Waals surface area contributed by atoms with E-state index in [9.17, 15) is 29.4 Å². The summed E-state index contributed by atoms with van der Waals surface area (Å²) in [6, 6.07) is 18.8. The zero-order valence-electron chi connectivity index (χ0n) is 19.4. The van der Waals surface area contributed by atoms with Crippen molar-refractivity contribution in [1.29, 1.82) is 0 Å². The van der Waals surface area contributed by atoms with Gasteiger partial charge in [0.25, 0.3) is 0 Å². The number of carbonyl (C=O) groups is 4. The van der Waals surface area contributed by atoms with Crippen molar-refractivity contribution in [2.75, 3.05) is 11.5 Å². The Bertz CT molecular complexity index is 1580. The van der Waals surface area contributed by atoms with Gasteiger partial charge in [-0.15, -0.1) is 0 Å². The zero-order valence-corrected chi connectivity index (χ0v) is 21.1. The van der Waals surface area contributed by atoms with Crippen LogP contribution < -0.4 is 11.5 Å². The van der Waals surface area contributed by atoms with Gasteiger partial charge >= 0.3 is 11.9 Å². The van der Waals surface area contributed by atoms with Crippen LogP contribution in [-0.2, 0) is 0 Å². The topological polar surface area (TPSA) is 161 Å². The van der Waals surface area contributed by atoms with Gasteiger partial charge in [0.15, 0.2) is 11.6 Å². The number of benzene rings is 4. The maximum Gasteiger partial charge on any atom is 0.335 e. The van der Waals surface area contributed by atoms with Gasteiger partial charge in [-0.25, -0.2) is 9.59 Å². The summed E-state index contributed by atoms with van der Waals surface area (Å²) in [5.41, 5.74) is 13.8. The third kappa shape index (κ3) is 4.29. The van der Waals surface area contributed by atoms with Crippen LogP contribution in [0.2, 0.25) is 0 Å². The van der Waals surface area contributed by atoms with Gasteiger partial charge in [-0.2, -0.15) is 0 Å². The normalized spacial score (nSPS) is 12.1. The minimum absolute atomic E-state index is 0.00766. The number of carboxylic acids is 2. The molecule has 0 radical (unpaired) electrons. The Hall–Kier alpha value is -4.54. The Balaban J connectivity index is 1.74. The van der Waals surface area contributed by atoms with Crippen LogP contribution in [0.1, 0.15) is 52.6 Å². The summed E-state index contributed by atoms with van der Waals surface area (Å²) in [7, 11) is 0. The number of carbonyl (C=O) groups excluding carboxylic acids is 2. The maximum absolute atomic E-state index is 13.5. The molecule has 0 atom stereocenters. The molecule has 188 valence electrons. The first-order valence-electron chi connectivity index (χ1n) is 11.1. The second-order valence-corrected chi connectivity index (χ2v) is 10.5. The van der Waals surface area contributed by atoms with Gasteiger partial charge in [-0.05, 0) is 36.4 Å². The first kappa shape index (κ1) is 25.1. The monoisotopic (exact) mass is 542 g/mol. The van der Waals surface area contributed by atoms with Crippen LogP contribution in [0.25, 0.3) is 0 Å². The Kier molecular flexibility index (Phi) is 6.43. The van der Waals surface area contributed by atoms with Gasteiger partial charge in [0.1, 0.15) is 0 Å². The molecule has 0 amide bonds. The van der Waals surface area contributed by atoms with Crippen LogP contribution in [0, 0.1) is 0 Å². The smallest absolute Gasteiger partial charge is 0.335 e. The molecule has 0 spiro atoms. The number of anilines is 2. The van der Waals surface area contributed by atoms with Crippen molar-refractivity contribution < 1.29 is 29.4 Å². The minimum atomic E-state index is -1.11. The van der Waals surface area contributed by atoms with Crippen molar-refractivity contribution in [1.82, 2.24) is 0 Å². The standard InChI is InChI=1S/C28H18N2O6S2/c29-21-19-20(24(32)18-10-2-1-9-17(18)23(19)31)22(30)26(38-16-8-4-6-14(12-16)28(35)36)25(21)37-15-7-3-5-13(11-15)27(33)34/h1-12H,29-30H2,(H,33,34)(H,35,36). The highest BCUT2D eigenvalue weighted by molar-refractivity contribution is 8.02. The Morgan fingerprint density at radius 1 is 0.605 bits per heavy atom. The molecule has 1 aliphatic rings. The minimum Gasteiger partial charge on any atom is -0.478 e. The maximum atomic E-state index is 13.5. The van der Waals surface area contributed by atoms with E-state index in [4.69, 9.17) is 11.5 Å². The highest BCUT2D eigenvalue weighted by atomic mass is 32.2. The largest absolute Gasteiger partial charge is 0.478 e. The van der Waals surface area contributed by atoms with Crippen molar-refractivity contribution in [3.05, 3.63) is 106 Å². The van der Waals surface area contributed by atoms with Crippen LogP contribution in [-0.4, -0.2) is 33.7 Å². The molecule has 1 aliphatic carbocycles. The van der Waals surface area contributed by atoms with E-state index < -0.39 is 23.5 Å². The lowest BCUT2D eigenvalue weighted by molar-refractivity contribution is 0.0685. The number of aromatic carboxylic acids is 2. The molecule has 0 saturated heterocycles. The molecule has 0 fully saturated rings. The molecule has 10 heteroatoms. The second-order valence-electron chi connectivity index (χ2n) is 8.31. The van der Waals surface area contributed by atoms with Crippen molar-refractivity contribution in [2.45, 2.75) is 19.6 Å². The van der Waals surface area contributed by atoms with Crippen LogP contribution in [0.5, 0.6) is 0 Å². The Morgan fingerprint density at radius 2 is 1.00 bits per heavy atom. The fourth-order valence-electron chi connectivity index (χ4n) is 4.18. The highest BCUT2D eigenvalue weighted by Crippen LogP contribution is 2.50. The summed E-state index contributed by atoms with van der Waals surface area (Å²) in [5.74, 6) is -3.10. The summed E-state index contributed by atoms with van der Waals surface area (Å²) < 4.78 is 0. The zero-order chi connectivity index (χ0) is 27.1. The predicted octanol–water partition coefficient (Wildman–Crippen LogP) is 5.33. The van der Waals surface area contributed by atoms with Gasteiger partial charge in [-0.3, -0.25) is 9.59 Å². The molecule has 6 N–H and O–H groups in total. The quantitative estimate of drug-likeness (QED) is 0.207. The summed E-state index contributed by atoms with van der Waals surface area (Å²) in [4.78, 5) is 51.8. The number of fused-ring (bicyclic) bond motifs is 2. The van der Waals surface area contributed by atoms with E-state index in [0.717, 1.165) is 23.5 Å². The van der Waals surface area contributed by atoms with Gasteiger partial charge in [-0.1, -0.05) is 59.9 Å². The lowest BCUT2D eigenvalue weighted by Gasteiger charge is -2.25. The summed E-state index contributed by atoms with van der Waals surface area (Å²) in [6.07, 6.45) is 0. The molecule has 0 heterocycles. The summed E-state index contributed by atoms with van der Waals surface area (Å²) in [5, 5.41) is 18.8. The molecule has 0 saturated carbocycles. The lowest BCUT2D eigenvalue weighted by Crippen LogP contribution is -2.24. The number of hydrogen-bond donors (Lipinski definition) is 4. The van der Waals surface area contributed by atoms with Crippen LogP contribution in [0.4, 0.5) is 11.4 Å². The van der Waals surface area contributed by atoms with Crippen LogP contribution in [0.3, 0.4) is 0 Å². The van der Waals surface area contributed by atoms with E-state index in [0.29, 0.717) is 19.6 Å². The van der Waals surface area contributed by atoms with Gasteiger partial charge in [0.2, 0.25) is 0 Å². The number of hydrogen-bond acceptors (Lipinski definition) is 8. The average molecular weight is 543 g/mol. The van der Waals surface area contributed by atoms with Gasteiger partial charge in [0, 0.05) is 20.9 Å². The Morgan fingerprint density at radius 3 is 1.37 bits per heavy atom. The Labute approximate surface area is 224 Å². The molecule has 0 aromatic heterocycles. The van der Waals surface area contributed by atoms with Crippen molar-refractivity contribution >= 4 is 58.4 Å². The van der Waals surface area contributed by atoms with Gasteiger partial charge in [0.05, 0.1) is 43.4 Å². The first-order valence-corrected chi connectivity index (χ1v) is 12.8. The third-order valence-electron chi connectivity index (χ3n) is 5.96. The number of nitrogens with two attached hydrogens (primary N) is 2. The second kappa shape index (κ2) is 9.73. The van der Waals surface area contributed by atoms with E-state index in [1.807, 2.05) is 0 Å². The average Bonchev–Trinajstić information content (AvgIpc) is 2.91. The van der Waals surface area contributed by atoms with Crippen LogP contribution in [0.15, 0.2) is 92.4 Å². The molecule has 8 nitrogen and oxygen atoms in total. The molecule has 0 unspecified atom stereocenters. The molecular formula is C28H18N2O6S2. The number of carboxylic acid groups (broad SMARTS) is 2. The van der Waals surface area contributed by atoms with E-state index in [-0.39, 0.29) is 44.8 Å². The molecule has 0 bridgehead atoms. The van der Waals surface area contributed by atoms with Crippen LogP contribution >= 0.6 is 23.5 Å². The number of ketones is 2.